The molecule has 0 spiro atoms. The molecule has 80 valence electrons. The predicted octanol–water partition coefficient (Wildman–Crippen LogP) is 3.32. The lowest BCUT2D eigenvalue weighted by molar-refractivity contribution is 0.946. The highest BCUT2D eigenvalue weighted by atomic mass is 15.0. The summed E-state index contributed by atoms with van der Waals surface area (Å²) in [6, 6.07) is 1.78. The molecule has 0 N–H and O–H groups in total. The van der Waals surface area contributed by atoms with E-state index in [1.807, 2.05) is 6.21 Å². The molecule has 0 amide bonds. The summed E-state index contributed by atoms with van der Waals surface area (Å²) in [6.07, 6.45) is 10.7. The number of unbranched alkanes of at least 4 members (excludes halogenated alkanes) is 1. The third-order valence-corrected chi connectivity index (χ3v) is 2.00. The van der Waals surface area contributed by atoms with Crippen molar-refractivity contribution >= 4 is 12.2 Å². The molecular formula is C12H17N3. The van der Waals surface area contributed by atoms with E-state index in [-0.39, 0.29) is 0 Å². The smallest absolute Gasteiger partial charge is 0.220 e. The van der Waals surface area contributed by atoms with Crippen molar-refractivity contribution in [3.05, 3.63) is 30.1 Å². The second-order valence-electron chi connectivity index (χ2n) is 3.23. The fraction of sp³-hybridized carbons (Fsp3) is 0.417. The van der Waals surface area contributed by atoms with Gasteiger partial charge in [0.15, 0.2) is 0 Å². The van der Waals surface area contributed by atoms with Crippen LogP contribution in [0.1, 0.15) is 33.1 Å². The Hall–Kier alpha value is -1.51. The van der Waals surface area contributed by atoms with Gasteiger partial charge in [-0.15, -0.1) is 0 Å². The Labute approximate surface area is 91.0 Å². The molecule has 3 heteroatoms. The highest BCUT2D eigenvalue weighted by Gasteiger charge is 1.90. The van der Waals surface area contributed by atoms with Crippen LogP contribution in [-0.4, -0.2) is 16.2 Å². The summed E-state index contributed by atoms with van der Waals surface area (Å²) in [7, 11) is 0. The molecule has 0 radical (unpaired) electrons. The third-order valence-electron chi connectivity index (χ3n) is 2.00. The molecule has 1 aromatic rings. The topological polar surface area (TPSA) is 38.1 Å². The summed E-state index contributed by atoms with van der Waals surface area (Å²) in [4.78, 5) is 12.3. The van der Waals surface area contributed by atoms with E-state index in [0.717, 1.165) is 12.8 Å². The molecule has 0 aromatic carbocycles. The van der Waals surface area contributed by atoms with Gasteiger partial charge in [0.25, 0.3) is 0 Å². The molecule has 1 heterocycles. The quantitative estimate of drug-likeness (QED) is 0.688. The standard InChI is InChI=1S/C12H17N3/c1-3-5-7-11(4-2)10-15-12-13-8-6-9-14-12/h6-10H,3-5H2,1-2H3. The van der Waals surface area contributed by atoms with Crippen LogP contribution >= 0.6 is 0 Å². The average molecular weight is 203 g/mol. The molecule has 15 heavy (non-hydrogen) atoms. The van der Waals surface area contributed by atoms with Gasteiger partial charge in [-0.3, -0.25) is 0 Å². The maximum absolute atomic E-state index is 4.21. The molecule has 0 saturated heterocycles. The van der Waals surface area contributed by atoms with E-state index in [2.05, 4.69) is 34.9 Å². The number of rotatable bonds is 5. The van der Waals surface area contributed by atoms with Crippen LogP contribution in [0.2, 0.25) is 0 Å². The maximum Gasteiger partial charge on any atom is 0.249 e. The Morgan fingerprint density at radius 2 is 2.07 bits per heavy atom. The van der Waals surface area contributed by atoms with Crippen molar-refractivity contribution < 1.29 is 0 Å². The first-order valence-corrected chi connectivity index (χ1v) is 5.37. The van der Waals surface area contributed by atoms with Crippen molar-refractivity contribution in [2.75, 3.05) is 0 Å². The molecule has 0 bridgehead atoms. The van der Waals surface area contributed by atoms with E-state index in [4.69, 9.17) is 0 Å². The van der Waals surface area contributed by atoms with E-state index in [1.165, 1.54) is 12.0 Å². The minimum Gasteiger partial charge on any atom is -0.220 e. The van der Waals surface area contributed by atoms with Crippen molar-refractivity contribution in [1.82, 2.24) is 9.97 Å². The van der Waals surface area contributed by atoms with Gasteiger partial charge in [0.05, 0.1) is 0 Å². The zero-order valence-electron chi connectivity index (χ0n) is 9.35. The van der Waals surface area contributed by atoms with Crippen LogP contribution in [0.5, 0.6) is 0 Å². The monoisotopic (exact) mass is 203 g/mol. The van der Waals surface area contributed by atoms with Gasteiger partial charge in [0.2, 0.25) is 5.95 Å². The van der Waals surface area contributed by atoms with Gasteiger partial charge < -0.3 is 0 Å². The van der Waals surface area contributed by atoms with Crippen molar-refractivity contribution in [2.45, 2.75) is 33.1 Å². The largest absolute Gasteiger partial charge is 0.249 e. The molecule has 0 fully saturated rings. The van der Waals surface area contributed by atoms with Crippen LogP contribution in [0.3, 0.4) is 0 Å². The summed E-state index contributed by atoms with van der Waals surface area (Å²) >= 11 is 0. The minimum atomic E-state index is 0.522. The van der Waals surface area contributed by atoms with Gasteiger partial charge in [-0.1, -0.05) is 26.3 Å². The number of nitrogens with zero attached hydrogens (tertiary/aromatic N) is 3. The second-order valence-corrected chi connectivity index (χ2v) is 3.23. The Morgan fingerprint density at radius 3 is 2.67 bits per heavy atom. The van der Waals surface area contributed by atoms with E-state index < -0.39 is 0 Å². The molecule has 0 atom stereocenters. The SMILES string of the molecule is CCCC=C(C=Nc1ncccn1)CC. The van der Waals surface area contributed by atoms with Crippen LogP contribution in [0.4, 0.5) is 5.95 Å². The third kappa shape index (κ3) is 4.49. The molecule has 0 saturated carbocycles. The Morgan fingerprint density at radius 1 is 1.33 bits per heavy atom. The minimum absolute atomic E-state index is 0.522. The number of allylic oxidation sites excluding steroid dienone is 2. The summed E-state index contributed by atoms with van der Waals surface area (Å²) < 4.78 is 0. The predicted molar refractivity (Wildman–Crippen MR) is 63.5 cm³/mol. The zero-order chi connectivity index (χ0) is 10.9. The number of aromatic nitrogens is 2. The summed E-state index contributed by atoms with van der Waals surface area (Å²) in [5.74, 6) is 0.522. The van der Waals surface area contributed by atoms with Crippen LogP contribution in [0.15, 0.2) is 35.1 Å². The molecule has 0 aliphatic carbocycles. The molecule has 0 unspecified atom stereocenters. The fourth-order valence-corrected chi connectivity index (χ4v) is 1.12. The highest BCUT2D eigenvalue weighted by molar-refractivity contribution is 5.79. The van der Waals surface area contributed by atoms with Crippen LogP contribution in [-0.2, 0) is 0 Å². The number of hydrogen-bond donors (Lipinski definition) is 0. The Kier molecular flexibility index (Phi) is 5.30. The molecule has 0 aliphatic heterocycles. The molecular weight excluding hydrogens is 186 g/mol. The van der Waals surface area contributed by atoms with Crippen LogP contribution < -0.4 is 0 Å². The maximum atomic E-state index is 4.21. The van der Waals surface area contributed by atoms with Gasteiger partial charge in [-0.25, -0.2) is 15.0 Å². The van der Waals surface area contributed by atoms with Crippen molar-refractivity contribution in [3.63, 3.8) is 0 Å². The summed E-state index contributed by atoms with van der Waals surface area (Å²) in [5, 5.41) is 0. The molecule has 0 aliphatic rings. The van der Waals surface area contributed by atoms with Crippen molar-refractivity contribution in [1.29, 1.82) is 0 Å². The number of hydrogen-bond acceptors (Lipinski definition) is 3. The molecule has 1 rings (SSSR count). The van der Waals surface area contributed by atoms with Gasteiger partial charge >= 0.3 is 0 Å². The number of aliphatic imine (C=N–C) groups is 1. The van der Waals surface area contributed by atoms with Gasteiger partial charge in [0.1, 0.15) is 0 Å². The summed E-state index contributed by atoms with van der Waals surface area (Å²) in [5.41, 5.74) is 1.24. The van der Waals surface area contributed by atoms with E-state index in [0.29, 0.717) is 5.95 Å². The second kappa shape index (κ2) is 6.87. The lowest BCUT2D eigenvalue weighted by Gasteiger charge is -1.95. The lowest BCUT2D eigenvalue weighted by atomic mass is 10.1. The van der Waals surface area contributed by atoms with Gasteiger partial charge in [0, 0.05) is 18.6 Å². The summed E-state index contributed by atoms with van der Waals surface area (Å²) in [6.45, 7) is 4.29. The molecule has 1 aromatic heterocycles. The van der Waals surface area contributed by atoms with E-state index in [1.54, 1.807) is 18.5 Å². The Balaban J connectivity index is 2.63. The van der Waals surface area contributed by atoms with Crippen LogP contribution in [0.25, 0.3) is 0 Å². The first-order chi connectivity index (χ1) is 7.36. The normalized spacial score (nSPS) is 12.3. The van der Waals surface area contributed by atoms with E-state index in [9.17, 15) is 0 Å². The lowest BCUT2D eigenvalue weighted by Crippen LogP contribution is -1.84. The first-order valence-electron chi connectivity index (χ1n) is 5.37. The van der Waals surface area contributed by atoms with E-state index >= 15 is 0 Å². The first kappa shape index (κ1) is 11.6. The van der Waals surface area contributed by atoms with Crippen molar-refractivity contribution in [2.24, 2.45) is 4.99 Å². The molecule has 3 nitrogen and oxygen atoms in total. The fourth-order valence-electron chi connectivity index (χ4n) is 1.12. The van der Waals surface area contributed by atoms with Gasteiger partial charge in [-0.2, -0.15) is 0 Å². The van der Waals surface area contributed by atoms with Gasteiger partial charge in [-0.05, 0) is 24.5 Å². The average Bonchev–Trinajstić information content (AvgIpc) is 2.31. The Bertz CT molecular complexity index is 328. The highest BCUT2D eigenvalue weighted by Crippen LogP contribution is 2.04. The van der Waals surface area contributed by atoms with Crippen molar-refractivity contribution in [3.8, 4) is 0 Å². The zero-order valence-corrected chi connectivity index (χ0v) is 9.35. The van der Waals surface area contributed by atoms with Crippen LogP contribution in [0, 0.1) is 0 Å².